The first-order valence-corrected chi connectivity index (χ1v) is 7.70. The lowest BCUT2D eigenvalue weighted by Gasteiger charge is -2.14. The van der Waals surface area contributed by atoms with E-state index in [-0.39, 0.29) is 5.75 Å². The third kappa shape index (κ3) is 5.77. The van der Waals surface area contributed by atoms with Crippen LogP contribution in [0.5, 0.6) is 5.75 Å². The minimum Gasteiger partial charge on any atom is -0.495 e. The number of carbonyl (C=O) groups excluding carboxylic acids is 1. The molecule has 0 atom stereocenters. The number of sulfone groups is 1. The number of alkyl halides is 6. The molecule has 0 aliphatic rings. The van der Waals surface area contributed by atoms with Gasteiger partial charge in [-0.25, -0.2) is 8.42 Å². The summed E-state index contributed by atoms with van der Waals surface area (Å²) in [4.78, 5) is 10.3. The third-order valence-corrected chi connectivity index (χ3v) is 4.04. The molecule has 13 heteroatoms. The van der Waals surface area contributed by atoms with Crippen LogP contribution in [-0.4, -0.2) is 46.3 Å². The lowest BCUT2D eigenvalue weighted by Crippen LogP contribution is -2.25. The first-order chi connectivity index (χ1) is 11.3. The van der Waals surface area contributed by atoms with Gasteiger partial charge in [-0.15, -0.1) is 0 Å². The van der Waals surface area contributed by atoms with Gasteiger partial charge < -0.3 is 14.8 Å². The number of hydrogen-bond donors (Lipinski definition) is 1. The molecule has 0 unspecified atom stereocenters. The van der Waals surface area contributed by atoms with Crippen LogP contribution >= 0.6 is 0 Å². The van der Waals surface area contributed by atoms with Crippen molar-refractivity contribution in [2.24, 2.45) is 0 Å². The van der Waals surface area contributed by atoms with Gasteiger partial charge in [0.1, 0.15) is 19.0 Å². The molecular formula is C12H11F6NO5S. The summed E-state index contributed by atoms with van der Waals surface area (Å²) in [6.45, 7) is -2.76. The Balaban J connectivity index is 2.99. The van der Waals surface area contributed by atoms with Crippen LogP contribution in [0.25, 0.3) is 0 Å². The van der Waals surface area contributed by atoms with Gasteiger partial charge in [0.2, 0.25) is 5.91 Å². The molecule has 1 amide bonds. The molecule has 0 aromatic heterocycles. The first-order valence-electron chi connectivity index (χ1n) is 6.21. The molecular weight excluding hydrogens is 384 g/mol. The maximum Gasteiger partial charge on any atom is 0.501 e. The average Bonchev–Trinajstić information content (AvgIpc) is 2.44. The Labute approximate surface area is 137 Å². The number of halogens is 6. The van der Waals surface area contributed by atoms with Crippen LogP contribution in [0, 0.1) is 0 Å². The largest absolute Gasteiger partial charge is 0.501 e. The SMILES string of the molecule is COc1ccc(S(=O)(=O)C(F)(F)F)cc1NC(=O)COCC(F)(F)F. The van der Waals surface area contributed by atoms with Crippen LogP contribution in [-0.2, 0) is 19.4 Å². The van der Waals surface area contributed by atoms with E-state index in [0.717, 1.165) is 13.2 Å². The van der Waals surface area contributed by atoms with Crippen molar-refractivity contribution >= 4 is 21.4 Å². The number of nitrogens with one attached hydrogen (secondary N) is 1. The number of anilines is 1. The summed E-state index contributed by atoms with van der Waals surface area (Å²) in [6.07, 6.45) is -4.67. The second-order valence-electron chi connectivity index (χ2n) is 4.47. The van der Waals surface area contributed by atoms with Gasteiger partial charge in [-0.3, -0.25) is 4.79 Å². The second kappa shape index (κ2) is 7.47. The van der Waals surface area contributed by atoms with Crippen LogP contribution in [0.3, 0.4) is 0 Å². The van der Waals surface area contributed by atoms with Crippen molar-refractivity contribution in [3.05, 3.63) is 18.2 Å². The molecule has 142 valence electrons. The zero-order chi connectivity index (χ0) is 19.5. The third-order valence-electron chi connectivity index (χ3n) is 2.56. The second-order valence-corrected chi connectivity index (χ2v) is 6.41. The molecule has 1 aromatic carbocycles. The van der Waals surface area contributed by atoms with Crippen molar-refractivity contribution in [2.75, 3.05) is 25.6 Å². The molecule has 0 saturated heterocycles. The van der Waals surface area contributed by atoms with E-state index in [1.807, 2.05) is 5.32 Å². The number of benzene rings is 1. The van der Waals surface area contributed by atoms with E-state index in [1.54, 1.807) is 0 Å². The molecule has 6 nitrogen and oxygen atoms in total. The van der Waals surface area contributed by atoms with E-state index in [2.05, 4.69) is 4.74 Å². The Bertz CT molecular complexity index is 728. The van der Waals surface area contributed by atoms with Gasteiger partial charge in [-0.1, -0.05) is 0 Å². The van der Waals surface area contributed by atoms with Gasteiger partial charge in [-0.05, 0) is 18.2 Å². The molecule has 0 aliphatic carbocycles. The van der Waals surface area contributed by atoms with Crippen molar-refractivity contribution < 1.29 is 49.0 Å². The van der Waals surface area contributed by atoms with Crippen molar-refractivity contribution in [1.82, 2.24) is 0 Å². The van der Waals surface area contributed by atoms with Gasteiger partial charge in [0.15, 0.2) is 0 Å². The fourth-order valence-corrected chi connectivity index (χ4v) is 2.32. The summed E-state index contributed by atoms with van der Waals surface area (Å²) in [5, 5.41) is 1.92. The van der Waals surface area contributed by atoms with E-state index < -0.39 is 51.2 Å². The summed E-state index contributed by atoms with van der Waals surface area (Å²) < 4.78 is 105. The molecule has 0 aliphatic heterocycles. The predicted molar refractivity (Wildman–Crippen MR) is 71.7 cm³/mol. The molecule has 1 aromatic rings. The molecule has 1 rings (SSSR count). The summed E-state index contributed by atoms with van der Waals surface area (Å²) in [7, 11) is -4.60. The molecule has 0 saturated carbocycles. The fraction of sp³-hybridized carbons (Fsp3) is 0.417. The number of methoxy groups -OCH3 is 1. The fourth-order valence-electron chi connectivity index (χ4n) is 1.53. The smallest absolute Gasteiger partial charge is 0.495 e. The highest BCUT2D eigenvalue weighted by Crippen LogP contribution is 2.34. The van der Waals surface area contributed by atoms with Crippen LogP contribution in [0.15, 0.2) is 23.1 Å². The molecule has 0 fully saturated rings. The van der Waals surface area contributed by atoms with Gasteiger partial charge in [0, 0.05) is 0 Å². The zero-order valence-electron chi connectivity index (χ0n) is 12.4. The van der Waals surface area contributed by atoms with E-state index in [4.69, 9.17) is 4.74 Å². The van der Waals surface area contributed by atoms with Gasteiger partial charge in [0.05, 0.1) is 17.7 Å². The lowest BCUT2D eigenvalue weighted by molar-refractivity contribution is -0.174. The molecule has 0 spiro atoms. The highest BCUT2D eigenvalue weighted by atomic mass is 32.2. The Morgan fingerprint density at radius 1 is 1.16 bits per heavy atom. The lowest BCUT2D eigenvalue weighted by atomic mass is 10.3. The molecule has 1 N–H and O–H groups in total. The summed E-state index contributed by atoms with van der Waals surface area (Å²) in [5.41, 5.74) is -6.05. The van der Waals surface area contributed by atoms with E-state index in [0.29, 0.717) is 12.1 Å². The van der Waals surface area contributed by atoms with E-state index >= 15 is 0 Å². The monoisotopic (exact) mass is 395 g/mol. The standard InChI is InChI=1S/C12H11F6NO5S/c1-23-9-3-2-7(25(21,22)12(16,17)18)4-8(9)19-10(20)5-24-6-11(13,14)15/h2-4H,5-6H2,1H3,(H,19,20). The highest BCUT2D eigenvalue weighted by Gasteiger charge is 2.47. The minimum atomic E-state index is -5.68. The van der Waals surface area contributed by atoms with Crippen LogP contribution in [0.1, 0.15) is 0 Å². The van der Waals surface area contributed by atoms with E-state index in [1.165, 1.54) is 0 Å². The molecule has 0 radical (unpaired) electrons. The van der Waals surface area contributed by atoms with Crippen molar-refractivity contribution in [1.29, 1.82) is 0 Å². The van der Waals surface area contributed by atoms with E-state index in [9.17, 15) is 39.6 Å². The Morgan fingerprint density at radius 3 is 2.24 bits per heavy atom. The molecule has 0 heterocycles. The van der Waals surface area contributed by atoms with Gasteiger partial charge in [-0.2, -0.15) is 26.3 Å². The number of ether oxygens (including phenoxy) is 2. The zero-order valence-corrected chi connectivity index (χ0v) is 13.2. The number of carbonyl (C=O) groups is 1. The van der Waals surface area contributed by atoms with Gasteiger partial charge >= 0.3 is 11.7 Å². The number of hydrogen-bond acceptors (Lipinski definition) is 5. The summed E-state index contributed by atoms with van der Waals surface area (Å²) >= 11 is 0. The van der Waals surface area contributed by atoms with Crippen molar-refractivity contribution in [2.45, 2.75) is 16.6 Å². The maximum atomic E-state index is 12.5. The Kier molecular flexibility index (Phi) is 6.28. The predicted octanol–water partition coefficient (Wildman–Crippen LogP) is 2.51. The minimum absolute atomic E-state index is 0.203. The number of rotatable bonds is 6. The summed E-state index contributed by atoms with van der Waals surface area (Å²) in [6, 6.07) is 1.94. The molecule has 0 bridgehead atoms. The van der Waals surface area contributed by atoms with Gasteiger partial charge in [0.25, 0.3) is 9.84 Å². The van der Waals surface area contributed by atoms with Crippen LogP contribution < -0.4 is 10.1 Å². The average molecular weight is 395 g/mol. The number of amides is 1. The highest BCUT2D eigenvalue weighted by molar-refractivity contribution is 7.92. The maximum absolute atomic E-state index is 12.5. The Morgan fingerprint density at radius 2 is 1.76 bits per heavy atom. The summed E-state index contributed by atoms with van der Waals surface area (Å²) in [5.74, 6) is -1.35. The quantitative estimate of drug-likeness (QED) is 0.749. The van der Waals surface area contributed by atoms with Crippen LogP contribution in [0.4, 0.5) is 32.0 Å². The van der Waals surface area contributed by atoms with Crippen molar-refractivity contribution in [3.8, 4) is 5.75 Å². The van der Waals surface area contributed by atoms with Crippen molar-refractivity contribution in [3.63, 3.8) is 0 Å². The van der Waals surface area contributed by atoms with Crippen LogP contribution in [0.2, 0.25) is 0 Å². The normalized spacial score (nSPS) is 12.8. The topological polar surface area (TPSA) is 81.7 Å². The Hall–Kier alpha value is -2.02. The molecule has 25 heavy (non-hydrogen) atoms. The first kappa shape index (κ1) is 21.0.